The number of hydrogen-bond acceptors (Lipinski definition) is 0. The molecule has 0 N–H and O–H groups in total. The summed E-state index contributed by atoms with van der Waals surface area (Å²) in [4.78, 5) is 0. The van der Waals surface area contributed by atoms with E-state index in [9.17, 15) is 0 Å². The SMILES string of the molecule is CC(C)=CC([PH](C1CCCCC1)(C1CCCCC1)C1CCCCC1)[PH](C1CCCCC1)(C1CCCCC1)C1CCCCC1.[Cl][Ru][Cl]. The molecule has 0 saturated heterocycles. The van der Waals surface area contributed by atoms with Crippen LogP contribution in [0.5, 0.6) is 0 Å². The number of allylic oxidation sites excluding steroid dienone is 2. The molecule has 0 aromatic rings. The molecule has 0 amide bonds. The Morgan fingerprint density at radius 2 is 0.587 bits per heavy atom. The van der Waals surface area contributed by atoms with Crippen molar-refractivity contribution in [3.63, 3.8) is 0 Å². The molecule has 6 aliphatic rings. The van der Waals surface area contributed by atoms with Crippen molar-refractivity contribution in [1.29, 1.82) is 0 Å². The molecule has 0 spiro atoms. The van der Waals surface area contributed by atoms with Gasteiger partial charge in [0.1, 0.15) is 0 Å². The van der Waals surface area contributed by atoms with Crippen LogP contribution in [0.3, 0.4) is 0 Å². The maximum atomic E-state index is 4.85. The molecule has 6 rings (SSSR count). The van der Waals surface area contributed by atoms with Crippen LogP contribution in [0.2, 0.25) is 0 Å². The van der Waals surface area contributed by atoms with E-state index in [0.717, 1.165) is 5.40 Å². The summed E-state index contributed by atoms with van der Waals surface area (Å²) in [6.07, 6.45) is 51.6. The van der Waals surface area contributed by atoms with Gasteiger partial charge in [-0.2, -0.15) is 0 Å². The van der Waals surface area contributed by atoms with E-state index in [1.807, 2.05) is 0 Å². The number of hydrogen-bond donors (Lipinski definition) is 0. The first-order chi connectivity index (χ1) is 22.6. The molecule has 6 saturated carbocycles. The van der Waals surface area contributed by atoms with Crippen LogP contribution in [0.25, 0.3) is 0 Å². The Balaban J connectivity index is 0.00000134. The van der Waals surface area contributed by atoms with Gasteiger partial charge in [-0.25, -0.2) is 0 Å². The Hall–Kier alpha value is 1.80. The summed E-state index contributed by atoms with van der Waals surface area (Å²) in [6.45, 7) is 5.19. The van der Waals surface area contributed by atoms with E-state index in [1.54, 1.807) is 198 Å². The molecule has 0 bridgehead atoms. The van der Waals surface area contributed by atoms with Crippen molar-refractivity contribution < 1.29 is 15.1 Å². The molecule has 46 heavy (non-hydrogen) atoms. The fourth-order valence-electron chi connectivity index (χ4n) is 14.2. The van der Waals surface area contributed by atoms with Crippen molar-refractivity contribution in [2.24, 2.45) is 0 Å². The van der Waals surface area contributed by atoms with Crippen molar-refractivity contribution in [3.05, 3.63) is 11.6 Å². The maximum absolute atomic E-state index is 4.85. The van der Waals surface area contributed by atoms with Crippen molar-refractivity contribution in [1.82, 2.24) is 0 Å². The molecular weight excluding hydrogens is 726 g/mol. The van der Waals surface area contributed by atoms with E-state index in [1.165, 1.54) is 34.0 Å². The van der Waals surface area contributed by atoms with Crippen LogP contribution in [0.4, 0.5) is 0 Å². The minimum atomic E-state index is -1.69. The molecule has 0 radical (unpaired) electrons. The Morgan fingerprint density at radius 3 is 0.739 bits per heavy atom. The van der Waals surface area contributed by atoms with Crippen LogP contribution < -0.4 is 0 Å². The monoisotopic (exact) mass is 802 g/mol. The van der Waals surface area contributed by atoms with E-state index < -0.39 is 14.5 Å². The van der Waals surface area contributed by atoms with Gasteiger partial charge in [-0.15, -0.1) is 0 Å². The molecule has 6 fully saturated rings. The Morgan fingerprint density at radius 1 is 0.413 bits per heavy atom. The second-order valence-corrected chi connectivity index (χ2v) is 31.1. The summed E-state index contributed by atoms with van der Waals surface area (Å²) < 4.78 is 0. The zero-order valence-electron chi connectivity index (χ0n) is 30.4. The van der Waals surface area contributed by atoms with Gasteiger partial charge >= 0.3 is 307 Å². The van der Waals surface area contributed by atoms with Gasteiger partial charge in [-0.3, -0.25) is 0 Å². The van der Waals surface area contributed by atoms with Crippen LogP contribution in [-0.4, -0.2) is 39.4 Å². The van der Waals surface area contributed by atoms with Gasteiger partial charge < -0.3 is 0 Å². The fraction of sp³-hybridized carbons (Fsp3) is 0.951. The molecule has 0 heterocycles. The third-order valence-corrected chi connectivity index (χ3v) is 32.9. The van der Waals surface area contributed by atoms with Crippen LogP contribution >= 0.6 is 33.9 Å². The first-order valence-corrected chi connectivity index (χ1v) is 30.2. The van der Waals surface area contributed by atoms with Gasteiger partial charge in [-0.05, 0) is 0 Å². The predicted molar refractivity (Wildman–Crippen MR) is 213 cm³/mol. The molecular formula is C41H76Cl2P2Ru. The summed E-state index contributed by atoms with van der Waals surface area (Å²) in [6, 6.07) is 0. The molecule has 5 heteroatoms. The zero-order chi connectivity index (χ0) is 32.2. The Kier molecular flexibility index (Phi) is 17.1. The van der Waals surface area contributed by atoms with Gasteiger partial charge in [0.2, 0.25) is 0 Å². The van der Waals surface area contributed by atoms with E-state index in [0.29, 0.717) is 0 Å². The Labute approximate surface area is 304 Å². The van der Waals surface area contributed by atoms with Gasteiger partial charge in [0.15, 0.2) is 0 Å². The third kappa shape index (κ3) is 8.87. The second-order valence-electron chi connectivity index (χ2n) is 17.8. The van der Waals surface area contributed by atoms with Crippen molar-refractivity contribution in [2.75, 3.05) is 0 Å². The van der Waals surface area contributed by atoms with Gasteiger partial charge in [0.25, 0.3) is 0 Å². The first kappa shape index (κ1) is 39.0. The Bertz CT molecular complexity index is 716. The van der Waals surface area contributed by atoms with Crippen LogP contribution in [-0.2, 0) is 15.1 Å². The summed E-state index contributed by atoms with van der Waals surface area (Å²) >= 11 is -0.346. The fourth-order valence-corrected chi connectivity index (χ4v) is 38.6. The van der Waals surface area contributed by atoms with Gasteiger partial charge in [-0.1, -0.05) is 0 Å². The van der Waals surface area contributed by atoms with E-state index in [-0.39, 0.29) is 15.1 Å². The molecule has 272 valence electrons. The molecule has 0 nitrogen and oxygen atoms in total. The summed E-state index contributed by atoms with van der Waals surface area (Å²) in [5.74, 6) is 0. The van der Waals surface area contributed by atoms with E-state index in [4.69, 9.17) is 19.4 Å². The van der Waals surface area contributed by atoms with Crippen molar-refractivity contribution >= 4 is 33.9 Å². The van der Waals surface area contributed by atoms with Crippen LogP contribution in [0.15, 0.2) is 11.6 Å². The predicted octanol–water partition coefficient (Wildman–Crippen LogP) is 15.2. The van der Waals surface area contributed by atoms with Gasteiger partial charge in [0.05, 0.1) is 0 Å². The van der Waals surface area contributed by atoms with Gasteiger partial charge in [0, 0.05) is 0 Å². The van der Waals surface area contributed by atoms with E-state index in [2.05, 4.69) is 19.9 Å². The first-order valence-electron chi connectivity index (χ1n) is 21.1. The topological polar surface area (TPSA) is 0 Å². The average Bonchev–Trinajstić information content (AvgIpc) is 3.12. The third-order valence-electron chi connectivity index (χ3n) is 15.5. The minimum absolute atomic E-state index is 0.346. The van der Waals surface area contributed by atoms with Crippen LogP contribution in [0, 0.1) is 0 Å². The molecule has 0 aromatic carbocycles. The van der Waals surface area contributed by atoms with E-state index >= 15 is 0 Å². The normalized spacial score (nSPS) is 27.8. The second kappa shape index (κ2) is 20.2. The summed E-state index contributed by atoms with van der Waals surface area (Å²) in [5, 5.41) is 1.13. The van der Waals surface area contributed by atoms with Crippen molar-refractivity contribution in [2.45, 2.75) is 246 Å². The summed E-state index contributed by atoms with van der Waals surface area (Å²) in [5.41, 5.74) is 8.83. The zero-order valence-corrected chi connectivity index (χ0v) is 35.7. The number of halogens is 2. The quantitative estimate of drug-likeness (QED) is 0.124. The molecule has 0 unspecified atom stereocenters. The molecule has 0 aromatic heterocycles. The molecule has 0 aliphatic heterocycles. The summed E-state index contributed by atoms with van der Waals surface area (Å²) in [7, 11) is 6.33. The standard InChI is InChI=1S/C41H76P2.2ClH.Ru/c1-34(2)33-41(42(35-21-9-3-10-22-35,36-23-11-4-12-24-36)37-25-13-5-14-26-37)43(38-27-15-6-16-28-38,39-29-17-7-18-30-39)40-31-19-8-20-32-40;;;/h33,35-43H,3-32H2,1-2H3;2*1H;/q;;;+2/p-2. The molecule has 0 atom stereocenters. The van der Waals surface area contributed by atoms with Crippen molar-refractivity contribution in [3.8, 4) is 0 Å². The average molecular weight is 803 g/mol. The number of rotatable bonds is 9. The van der Waals surface area contributed by atoms with Crippen LogP contribution in [0.1, 0.15) is 206 Å². The molecule has 6 aliphatic carbocycles.